The van der Waals surface area contributed by atoms with Crippen LogP contribution in [0.2, 0.25) is 0 Å². The lowest BCUT2D eigenvalue weighted by Crippen LogP contribution is -2.19. The molecule has 0 amide bonds. The van der Waals surface area contributed by atoms with Gasteiger partial charge in [-0.3, -0.25) is 5.10 Å². The van der Waals surface area contributed by atoms with Gasteiger partial charge in [-0.1, -0.05) is 39.3 Å². The Morgan fingerprint density at radius 2 is 1.96 bits per heavy atom. The third-order valence-corrected chi connectivity index (χ3v) is 4.39. The summed E-state index contributed by atoms with van der Waals surface area (Å²) in [5, 5.41) is 7.01. The molecular weight excluding hydrogens is 339 g/mol. The standard InChI is InChI=1S/C20H28F3N3/c1-5-6-9-26(4)13-19-17(12-24-25-19)15-7-8-16(10-14(2)3)18(11-15)20(21,22)23/h7-8,11-12,14H,5-6,9-10,13H2,1-4H3,(H,24,25). The van der Waals surface area contributed by atoms with E-state index in [0.29, 0.717) is 24.1 Å². The highest BCUT2D eigenvalue weighted by molar-refractivity contribution is 5.67. The van der Waals surface area contributed by atoms with E-state index in [-0.39, 0.29) is 5.92 Å². The molecule has 0 saturated heterocycles. The molecule has 144 valence electrons. The third-order valence-electron chi connectivity index (χ3n) is 4.39. The summed E-state index contributed by atoms with van der Waals surface area (Å²) in [7, 11) is 2.01. The summed E-state index contributed by atoms with van der Waals surface area (Å²) >= 11 is 0. The Kier molecular flexibility index (Phi) is 6.87. The van der Waals surface area contributed by atoms with Crippen molar-refractivity contribution in [2.75, 3.05) is 13.6 Å². The van der Waals surface area contributed by atoms with Crippen LogP contribution in [-0.2, 0) is 19.1 Å². The summed E-state index contributed by atoms with van der Waals surface area (Å²) in [5.41, 5.74) is 1.93. The van der Waals surface area contributed by atoms with Crippen molar-refractivity contribution < 1.29 is 13.2 Å². The monoisotopic (exact) mass is 367 g/mol. The number of rotatable bonds is 8. The van der Waals surface area contributed by atoms with Gasteiger partial charge in [0.1, 0.15) is 0 Å². The first-order chi connectivity index (χ1) is 12.2. The average Bonchev–Trinajstić information content (AvgIpc) is 2.99. The normalized spacial score (nSPS) is 12.3. The number of halogens is 3. The zero-order valence-corrected chi connectivity index (χ0v) is 16.0. The van der Waals surface area contributed by atoms with E-state index in [1.807, 2.05) is 20.9 Å². The Bertz CT molecular complexity index is 705. The van der Waals surface area contributed by atoms with Crippen LogP contribution in [0.15, 0.2) is 24.4 Å². The van der Waals surface area contributed by atoms with E-state index in [9.17, 15) is 13.2 Å². The average molecular weight is 367 g/mol. The van der Waals surface area contributed by atoms with Crippen LogP contribution in [0.5, 0.6) is 0 Å². The summed E-state index contributed by atoms with van der Waals surface area (Å²) in [6.07, 6.45) is -0.149. The van der Waals surface area contributed by atoms with E-state index in [0.717, 1.165) is 30.6 Å². The lowest BCUT2D eigenvalue weighted by molar-refractivity contribution is -0.138. The highest BCUT2D eigenvalue weighted by Crippen LogP contribution is 2.36. The van der Waals surface area contributed by atoms with Crippen LogP contribution < -0.4 is 0 Å². The van der Waals surface area contributed by atoms with Gasteiger partial charge in [0.05, 0.1) is 17.5 Å². The molecule has 0 spiro atoms. The molecule has 2 rings (SSSR count). The van der Waals surface area contributed by atoms with Crippen LogP contribution in [-0.4, -0.2) is 28.7 Å². The van der Waals surface area contributed by atoms with Gasteiger partial charge in [-0.15, -0.1) is 0 Å². The van der Waals surface area contributed by atoms with Crippen LogP contribution in [0.3, 0.4) is 0 Å². The van der Waals surface area contributed by atoms with Crippen molar-refractivity contribution in [3.05, 3.63) is 41.2 Å². The van der Waals surface area contributed by atoms with E-state index in [2.05, 4.69) is 22.0 Å². The van der Waals surface area contributed by atoms with E-state index in [1.165, 1.54) is 6.07 Å². The van der Waals surface area contributed by atoms with Gasteiger partial charge in [-0.2, -0.15) is 18.3 Å². The number of hydrogen-bond donors (Lipinski definition) is 1. The second-order valence-electron chi connectivity index (χ2n) is 7.32. The maximum Gasteiger partial charge on any atom is 0.416 e. The molecule has 0 radical (unpaired) electrons. The lowest BCUT2D eigenvalue weighted by Gasteiger charge is -2.18. The van der Waals surface area contributed by atoms with Gasteiger partial charge in [0.2, 0.25) is 0 Å². The van der Waals surface area contributed by atoms with Crippen LogP contribution in [0.4, 0.5) is 13.2 Å². The highest BCUT2D eigenvalue weighted by Gasteiger charge is 2.33. The molecule has 0 unspecified atom stereocenters. The largest absolute Gasteiger partial charge is 0.416 e. The Morgan fingerprint density at radius 1 is 1.23 bits per heavy atom. The molecule has 1 aromatic heterocycles. The van der Waals surface area contributed by atoms with E-state index >= 15 is 0 Å². The number of hydrogen-bond acceptors (Lipinski definition) is 2. The predicted molar refractivity (Wildman–Crippen MR) is 98.8 cm³/mol. The molecule has 1 N–H and O–H groups in total. The summed E-state index contributed by atoms with van der Waals surface area (Å²) in [6.45, 7) is 7.55. The molecule has 0 aliphatic carbocycles. The smallest absolute Gasteiger partial charge is 0.301 e. The number of alkyl halides is 3. The van der Waals surface area contributed by atoms with Crippen LogP contribution >= 0.6 is 0 Å². The minimum absolute atomic E-state index is 0.165. The molecule has 0 saturated carbocycles. The number of nitrogens with zero attached hydrogens (tertiary/aromatic N) is 2. The summed E-state index contributed by atoms with van der Waals surface area (Å²) in [6, 6.07) is 4.64. The molecule has 0 aliphatic rings. The molecule has 0 bridgehead atoms. The predicted octanol–water partition coefficient (Wildman–Crippen LogP) is 5.53. The van der Waals surface area contributed by atoms with Crippen molar-refractivity contribution >= 4 is 0 Å². The Hall–Kier alpha value is -1.82. The van der Waals surface area contributed by atoms with Crippen molar-refractivity contribution in [3.63, 3.8) is 0 Å². The Labute approximate surface area is 153 Å². The molecule has 26 heavy (non-hydrogen) atoms. The van der Waals surface area contributed by atoms with Gasteiger partial charge in [0, 0.05) is 12.1 Å². The zero-order chi connectivity index (χ0) is 19.3. The number of aromatic nitrogens is 2. The molecule has 1 heterocycles. The maximum atomic E-state index is 13.5. The number of unbranched alkanes of at least 4 members (excludes halogenated alkanes) is 1. The number of benzene rings is 1. The topological polar surface area (TPSA) is 31.9 Å². The fourth-order valence-electron chi connectivity index (χ4n) is 3.08. The first-order valence-corrected chi connectivity index (χ1v) is 9.13. The minimum Gasteiger partial charge on any atom is -0.301 e. The molecule has 0 atom stereocenters. The Balaban J connectivity index is 2.34. The highest BCUT2D eigenvalue weighted by atomic mass is 19.4. The van der Waals surface area contributed by atoms with Gasteiger partial charge in [-0.25, -0.2) is 0 Å². The van der Waals surface area contributed by atoms with Crippen molar-refractivity contribution in [2.45, 2.75) is 52.8 Å². The lowest BCUT2D eigenvalue weighted by atomic mass is 9.94. The van der Waals surface area contributed by atoms with Gasteiger partial charge < -0.3 is 4.90 Å². The zero-order valence-electron chi connectivity index (χ0n) is 16.0. The van der Waals surface area contributed by atoms with Crippen molar-refractivity contribution in [1.29, 1.82) is 0 Å². The fourth-order valence-corrected chi connectivity index (χ4v) is 3.08. The van der Waals surface area contributed by atoms with Crippen LogP contribution in [0.25, 0.3) is 11.1 Å². The molecule has 3 nitrogen and oxygen atoms in total. The Morgan fingerprint density at radius 3 is 2.58 bits per heavy atom. The van der Waals surface area contributed by atoms with Crippen molar-refractivity contribution in [2.24, 2.45) is 5.92 Å². The third kappa shape index (κ3) is 5.34. The second kappa shape index (κ2) is 8.71. The SMILES string of the molecule is CCCCN(C)Cc1[nH]ncc1-c1ccc(CC(C)C)c(C(F)(F)F)c1. The van der Waals surface area contributed by atoms with Gasteiger partial charge >= 0.3 is 6.18 Å². The van der Waals surface area contributed by atoms with Crippen LogP contribution in [0.1, 0.15) is 50.4 Å². The van der Waals surface area contributed by atoms with Gasteiger partial charge in [-0.05, 0) is 49.5 Å². The molecule has 1 aromatic carbocycles. The van der Waals surface area contributed by atoms with E-state index < -0.39 is 11.7 Å². The van der Waals surface area contributed by atoms with Crippen molar-refractivity contribution in [1.82, 2.24) is 15.1 Å². The molecule has 0 aliphatic heterocycles. The maximum absolute atomic E-state index is 13.5. The van der Waals surface area contributed by atoms with Gasteiger partial charge in [0.15, 0.2) is 0 Å². The first kappa shape index (κ1) is 20.5. The summed E-state index contributed by atoms with van der Waals surface area (Å²) in [4.78, 5) is 2.15. The molecule has 6 heteroatoms. The quantitative estimate of drug-likeness (QED) is 0.666. The summed E-state index contributed by atoms with van der Waals surface area (Å²) in [5.74, 6) is 0.165. The second-order valence-corrected chi connectivity index (χ2v) is 7.32. The number of H-pyrrole nitrogens is 1. The molecule has 0 fully saturated rings. The molecular formula is C20H28F3N3. The fraction of sp³-hybridized carbons (Fsp3) is 0.550. The number of nitrogens with one attached hydrogen (secondary N) is 1. The number of aromatic amines is 1. The first-order valence-electron chi connectivity index (χ1n) is 9.13. The van der Waals surface area contributed by atoms with Crippen molar-refractivity contribution in [3.8, 4) is 11.1 Å². The minimum atomic E-state index is -4.36. The van der Waals surface area contributed by atoms with E-state index in [4.69, 9.17) is 0 Å². The van der Waals surface area contributed by atoms with E-state index in [1.54, 1.807) is 18.3 Å². The molecule has 2 aromatic rings. The van der Waals surface area contributed by atoms with Gasteiger partial charge in [0.25, 0.3) is 0 Å². The van der Waals surface area contributed by atoms with Crippen LogP contribution in [0, 0.1) is 5.92 Å². The summed E-state index contributed by atoms with van der Waals surface area (Å²) < 4.78 is 40.6.